The van der Waals surface area contributed by atoms with Crippen LogP contribution in [0.4, 0.5) is 5.69 Å². The lowest BCUT2D eigenvalue weighted by Crippen LogP contribution is -2.27. The molecule has 2 rings (SSSR count). The number of thioether (sulfide) groups is 1. The summed E-state index contributed by atoms with van der Waals surface area (Å²) in [7, 11) is 0. The first-order valence-corrected chi connectivity index (χ1v) is 11.2. The Bertz CT molecular complexity index is 737. The van der Waals surface area contributed by atoms with Gasteiger partial charge in [0.05, 0.1) is 16.5 Å². The van der Waals surface area contributed by atoms with Crippen LogP contribution < -0.4 is 10.6 Å². The molecule has 1 aromatic heterocycles. The number of hydrogen-bond acceptors (Lipinski definition) is 5. The Morgan fingerprint density at radius 1 is 1.23 bits per heavy atom. The average Bonchev–Trinajstić information content (AvgIpc) is 3.00. The van der Waals surface area contributed by atoms with Gasteiger partial charge in [-0.25, -0.2) is 4.98 Å². The highest BCUT2D eigenvalue weighted by Gasteiger charge is 2.06. The third-order valence-corrected chi connectivity index (χ3v) is 5.83. The van der Waals surface area contributed by atoms with Gasteiger partial charge >= 0.3 is 0 Å². The molecule has 8 heteroatoms. The van der Waals surface area contributed by atoms with Gasteiger partial charge in [-0.2, -0.15) is 0 Å². The first kappa shape index (κ1) is 20.9. The van der Waals surface area contributed by atoms with Gasteiger partial charge in [0, 0.05) is 27.8 Å². The zero-order valence-corrected chi connectivity index (χ0v) is 17.8. The Labute approximate surface area is 170 Å². The van der Waals surface area contributed by atoms with Crippen LogP contribution in [0.25, 0.3) is 0 Å². The smallest absolute Gasteiger partial charge is 0.234 e. The van der Waals surface area contributed by atoms with Crippen LogP contribution in [0.2, 0.25) is 0 Å². The molecule has 0 aliphatic carbocycles. The molecule has 140 valence electrons. The van der Waals surface area contributed by atoms with Crippen molar-refractivity contribution in [2.24, 2.45) is 0 Å². The summed E-state index contributed by atoms with van der Waals surface area (Å²) >= 11 is 6.36. The van der Waals surface area contributed by atoms with Crippen molar-refractivity contribution in [1.29, 1.82) is 0 Å². The van der Waals surface area contributed by atoms with Gasteiger partial charge in [-0.05, 0) is 44.4 Å². The zero-order chi connectivity index (χ0) is 18.8. The second kappa shape index (κ2) is 11.4. The number of hydrogen-bond donors (Lipinski definition) is 2. The normalized spacial score (nSPS) is 10.5. The summed E-state index contributed by atoms with van der Waals surface area (Å²) in [5.74, 6) is 0.399. The lowest BCUT2D eigenvalue weighted by Gasteiger charge is -2.06. The van der Waals surface area contributed by atoms with Crippen LogP contribution in [0.3, 0.4) is 0 Å². The van der Waals surface area contributed by atoms with Gasteiger partial charge in [0.15, 0.2) is 0 Å². The van der Waals surface area contributed by atoms with E-state index in [0.717, 1.165) is 40.1 Å². The van der Waals surface area contributed by atoms with Crippen LogP contribution in [-0.2, 0) is 16.0 Å². The summed E-state index contributed by atoms with van der Waals surface area (Å²) in [5, 5.41) is 8.91. The molecule has 2 amide bonds. The van der Waals surface area contributed by atoms with Crippen molar-refractivity contribution < 1.29 is 9.59 Å². The molecular formula is C18H22BrN3O2S2. The van der Waals surface area contributed by atoms with E-state index in [1.165, 1.54) is 11.8 Å². The molecule has 0 aliphatic heterocycles. The fraction of sp³-hybridized carbons (Fsp3) is 0.389. The first-order valence-electron chi connectivity index (χ1n) is 8.34. The van der Waals surface area contributed by atoms with Crippen LogP contribution in [0, 0.1) is 6.92 Å². The minimum absolute atomic E-state index is 0.0321. The maximum atomic E-state index is 11.9. The maximum absolute atomic E-state index is 11.9. The zero-order valence-electron chi connectivity index (χ0n) is 14.6. The van der Waals surface area contributed by atoms with E-state index in [0.29, 0.717) is 6.54 Å². The van der Waals surface area contributed by atoms with Crippen molar-refractivity contribution in [1.82, 2.24) is 10.3 Å². The molecule has 2 N–H and O–H groups in total. The topological polar surface area (TPSA) is 71.1 Å². The summed E-state index contributed by atoms with van der Waals surface area (Å²) in [6, 6.07) is 7.41. The number of carbonyl (C=O) groups excluding carboxylic acids is 2. The summed E-state index contributed by atoms with van der Waals surface area (Å²) in [6.07, 6.45) is 2.90. The Hall–Kier alpha value is -1.38. The van der Waals surface area contributed by atoms with Crippen molar-refractivity contribution in [3.8, 4) is 0 Å². The number of aromatic nitrogens is 1. The fourth-order valence-electron chi connectivity index (χ4n) is 2.20. The van der Waals surface area contributed by atoms with Gasteiger partial charge in [0.2, 0.25) is 11.8 Å². The number of nitrogens with one attached hydrogen (secondary N) is 2. The van der Waals surface area contributed by atoms with Crippen LogP contribution in [0.1, 0.15) is 23.5 Å². The highest BCUT2D eigenvalue weighted by molar-refractivity contribution is 9.10. The third kappa shape index (κ3) is 8.33. The monoisotopic (exact) mass is 455 g/mol. The lowest BCUT2D eigenvalue weighted by atomic mass is 10.2. The average molecular weight is 456 g/mol. The maximum Gasteiger partial charge on any atom is 0.234 e. The number of nitrogens with zero attached hydrogens (tertiary/aromatic N) is 1. The van der Waals surface area contributed by atoms with Crippen LogP contribution in [-0.4, -0.2) is 34.8 Å². The molecule has 1 heterocycles. The van der Waals surface area contributed by atoms with Crippen LogP contribution >= 0.6 is 39.0 Å². The highest BCUT2D eigenvalue weighted by atomic mass is 79.9. The molecule has 5 nitrogen and oxygen atoms in total. The molecule has 0 spiro atoms. The van der Waals surface area contributed by atoms with Crippen LogP contribution in [0.15, 0.2) is 34.1 Å². The van der Waals surface area contributed by atoms with Gasteiger partial charge in [-0.3, -0.25) is 9.59 Å². The number of carbonyl (C=O) groups is 2. The van der Waals surface area contributed by atoms with Crippen molar-refractivity contribution >= 4 is 56.5 Å². The largest absolute Gasteiger partial charge is 0.355 e. The number of anilines is 1. The van der Waals surface area contributed by atoms with E-state index in [-0.39, 0.29) is 23.3 Å². The van der Waals surface area contributed by atoms with E-state index in [1.54, 1.807) is 11.3 Å². The van der Waals surface area contributed by atoms with Crippen molar-refractivity contribution in [2.75, 3.05) is 23.4 Å². The first-order chi connectivity index (χ1) is 12.5. The molecule has 0 unspecified atom stereocenters. The number of benzene rings is 1. The molecule has 1 aromatic carbocycles. The van der Waals surface area contributed by atoms with E-state index in [1.807, 2.05) is 31.2 Å². The number of amides is 2. The quantitative estimate of drug-likeness (QED) is 0.530. The minimum Gasteiger partial charge on any atom is -0.355 e. The van der Waals surface area contributed by atoms with E-state index < -0.39 is 0 Å². The minimum atomic E-state index is -0.111. The Balaban J connectivity index is 1.51. The summed E-state index contributed by atoms with van der Waals surface area (Å²) < 4.78 is 0.910. The fourth-order valence-corrected chi connectivity index (χ4v) is 4.06. The molecular weight excluding hydrogens is 434 g/mol. The molecule has 2 aromatic rings. The van der Waals surface area contributed by atoms with Crippen LogP contribution in [0.5, 0.6) is 0 Å². The second-order valence-corrected chi connectivity index (χ2v) is 8.58. The summed E-state index contributed by atoms with van der Waals surface area (Å²) in [5.41, 5.74) is 1.81. The van der Waals surface area contributed by atoms with Crippen molar-refractivity contribution in [3.63, 3.8) is 0 Å². The van der Waals surface area contributed by atoms with Gasteiger partial charge < -0.3 is 10.6 Å². The number of halogens is 1. The molecule has 0 bridgehead atoms. The molecule has 0 saturated heterocycles. The Kier molecular flexibility index (Phi) is 9.14. The second-order valence-electron chi connectivity index (χ2n) is 5.74. The Morgan fingerprint density at radius 3 is 2.77 bits per heavy atom. The molecule has 0 atom stereocenters. The number of unbranched alkanes of at least 4 members (excludes halogenated alkanes) is 1. The molecule has 0 aliphatic rings. The predicted molar refractivity (Wildman–Crippen MR) is 113 cm³/mol. The predicted octanol–water partition coefficient (Wildman–Crippen LogP) is 4.02. The van der Waals surface area contributed by atoms with Gasteiger partial charge in [-0.1, -0.05) is 22.0 Å². The number of thiazole rings is 1. The standard InChI is InChI=1S/C18H22BrN3O2S2/c1-13-10-26-18(21-13)7-2-3-8-20-16(23)11-25-12-17(24)22-15-6-4-5-14(19)9-15/h4-6,9-10H,2-3,7-8,11-12H2,1H3,(H,20,23)(H,22,24). The van der Waals surface area contributed by atoms with Crippen molar-refractivity contribution in [2.45, 2.75) is 26.2 Å². The molecule has 0 fully saturated rings. The SMILES string of the molecule is Cc1csc(CCCCNC(=O)CSCC(=O)Nc2cccc(Br)c2)n1. The van der Waals surface area contributed by atoms with Gasteiger partial charge in [0.25, 0.3) is 0 Å². The number of rotatable bonds is 10. The highest BCUT2D eigenvalue weighted by Crippen LogP contribution is 2.16. The van der Waals surface area contributed by atoms with Gasteiger partial charge in [-0.15, -0.1) is 23.1 Å². The van der Waals surface area contributed by atoms with Crippen molar-refractivity contribution in [3.05, 3.63) is 44.8 Å². The van der Waals surface area contributed by atoms with E-state index in [9.17, 15) is 9.59 Å². The van der Waals surface area contributed by atoms with E-state index in [2.05, 4.69) is 36.9 Å². The summed E-state index contributed by atoms with van der Waals surface area (Å²) in [4.78, 5) is 28.1. The van der Waals surface area contributed by atoms with E-state index >= 15 is 0 Å². The van der Waals surface area contributed by atoms with E-state index in [4.69, 9.17) is 0 Å². The lowest BCUT2D eigenvalue weighted by molar-refractivity contribution is -0.118. The third-order valence-electron chi connectivity index (χ3n) is 3.38. The molecule has 0 radical (unpaired) electrons. The molecule has 26 heavy (non-hydrogen) atoms. The summed E-state index contributed by atoms with van der Waals surface area (Å²) in [6.45, 7) is 2.66. The molecule has 0 saturated carbocycles. The Morgan fingerprint density at radius 2 is 2.04 bits per heavy atom. The number of aryl methyl sites for hydroxylation is 2. The van der Waals surface area contributed by atoms with Gasteiger partial charge in [0.1, 0.15) is 0 Å².